The van der Waals surface area contributed by atoms with Crippen molar-refractivity contribution in [2.75, 3.05) is 20.2 Å². The van der Waals surface area contributed by atoms with E-state index in [9.17, 15) is 4.79 Å². The van der Waals surface area contributed by atoms with E-state index in [2.05, 4.69) is 21.4 Å². The summed E-state index contributed by atoms with van der Waals surface area (Å²) < 4.78 is 11.7. The number of likely N-dealkylation sites (tertiary alicyclic amines) is 1. The predicted octanol–water partition coefficient (Wildman–Crippen LogP) is 4.32. The number of aromatic nitrogens is 2. The first-order chi connectivity index (χ1) is 14.5. The number of halogens is 1. The van der Waals surface area contributed by atoms with E-state index >= 15 is 0 Å². The van der Waals surface area contributed by atoms with Crippen LogP contribution in [0.3, 0.4) is 0 Å². The number of amides is 1. The van der Waals surface area contributed by atoms with Crippen molar-refractivity contribution in [1.82, 2.24) is 15.1 Å². The molecule has 0 radical (unpaired) electrons. The summed E-state index contributed by atoms with van der Waals surface area (Å²) in [6.07, 6.45) is 3.85. The van der Waals surface area contributed by atoms with E-state index in [0.717, 1.165) is 36.3 Å². The van der Waals surface area contributed by atoms with Crippen molar-refractivity contribution >= 4 is 23.4 Å². The minimum Gasteiger partial charge on any atom is -0.434 e. The summed E-state index contributed by atoms with van der Waals surface area (Å²) in [5.41, 5.74) is 4.36. The lowest BCUT2D eigenvalue weighted by Crippen LogP contribution is -2.40. The molecule has 0 unspecified atom stereocenters. The third-order valence-corrected chi connectivity index (χ3v) is 5.52. The number of fused-ring (bicyclic) bond motifs is 1. The molecule has 0 saturated carbocycles. The molecule has 0 atom stereocenters. The van der Waals surface area contributed by atoms with Crippen LogP contribution in [0.4, 0.5) is 4.79 Å². The summed E-state index contributed by atoms with van der Waals surface area (Å²) in [5.74, 6) is 1.01. The highest BCUT2D eigenvalue weighted by molar-refractivity contribution is 6.29. The average Bonchev–Trinajstić information content (AvgIpc) is 3.21. The maximum absolute atomic E-state index is 12.7. The fourth-order valence-electron chi connectivity index (χ4n) is 3.80. The Morgan fingerprint density at radius 1 is 1.17 bits per heavy atom. The lowest BCUT2D eigenvalue weighted by molar-refractivity contribution is 0.149. The number of rotatable bonds is 4. The van der Waals surface area contributed by atoms with E-state index < -0.39 is 6.09 Å². The van der Waals surface area contributed by atoms with E-state index in [-0.39, 0.29) is 16.8 Å². The third-order valence-electron chi connectivity index (χ3n) is 5.34. The van der Waals surface area contributed by atoms with Gasteiger partial charge in [0.05, 0.1) is 5.71 Å². The van der Waals surface area contributed by atoms with Crippen LogP contribution in [0.5, 0.6) is 17.4 Å². The van der Waals surface area contributed by atoms with Gasteiger partial charge in [-0.2, -0.15) is 0 Å². The van der Waals surface area contributed by atoms with Crippen molar-refractivity contribution in [3.8, 4) is 17.4 Å². The highest BCUT2D eigenvalue weighted by atomic mass is 35.5. The minimum atomic E-state index is -0.490. The Hall–Kier alpha value is -2.87. The van der Waals surface area contributed by atoms with Crippen LogP contribution in [0.2, 0.25) is 5.15 Å². The first-order valence-electron chi connectivity index (χ1n) is 9.93. The molecule has 0 bridgehead atoms. The van der Waals surface area contributed by atoms with Crippen LogP contribution in [-0.2, 0) is 17.7 Å². The SMILES string of the molecule is CON=C1CCN(C(=O)Oc2cc(Cl)nnc2Oc2c(C)ccc3c2CCC3)CC1. The molecule has 0 N–H and O–H groups in total. The molecule has 0 spiro atoms. The molecule has 4 rings (SSSR count). The van der Waals surface area contributed by atoms with Crippen molar-refractivity contribution < 1.29 is 19.1 Å². The first kappa shape index (κ1) is 20.4. The van der Waals surface area contributed by atoms with Crippen LogP contribution in [0.25, 0.3) is 0 Å². The van der Waals surface area contributed by atoms with Crippen LogP contribution in [0.15, 0.2) is 23.4 Å². The highest BCUT2D eigenvalue weighted by Crippen LogP contribution is 2.38. The number of carbonyl (C=O) groups is 1. The minimum absolute atomic E-state index is 0.119. The second kappa shape index (κ2) is 8.87. The molecule has 9 heteroatoms. The van der Waals surface area contributed by atoms with Gasteiger partial charge >= 0.3 is 6.09 Å². The fourth-order valence-corrected chi connectivity index (χ4v) is 3.94. The van der Waals surface area contributed by atoms with Crippen molar-refractivity contribution in [3.63, 3.8) is 0 Å². The summed E-state index contributed by atoms with van der Waals surface area (Å²) in [5, 5.41) is 12.0. The average molecular weight is 431 g/mol. The maximum atomic E-state index is 12.7. The van der Waals surface area contributed by atoms with Crippen LogP contribution < -0.4 is 9.47 Å². The Balaban J connectivity index is 1.53. The van der Waals surface area contributed by atoms with Gasteiger partial charge in [0, 0.05) is 32.0 Å². The summed E-state index contributed by atoms with van der Waals surface area (Å²) in [4.78, 5) is 19.1. The van der Waals surface area contributed by atoms with Crippen LogP contribution >= 0.6 is 11.6 Å². The second-order valence-corrected chi connectivity index (χ2v) is 7.72. The first-order valence-corrected chi connectivity index (χ1v) is 10.3. The number of ether oxygens (including phenoxy) is 2. The fraction of sp³-hybridized carbons (Fsp3) is 0.429. The Bertz CT molecular complexity index is 985. The van der Waals surface area contributed by atoms with E-state index in [0.29, 0.717) is 25.9 Å². The molecule has 2 aliphatic rings. The van der Waals surface area contributed by atoms with Crippen LogP contribution in [0.1, 0.15) is 36.0 Å². The van der Waals surface area contributed by atoms with Crippen molar-refractivity contribution in [2.45, 2.75) is 39.0 Å². The quantitative estimate of drug-likeness (QED) is 0.671. The lowest BCUT2D eigenvalue weighted by atomic mass is 10.1. The summed E-state index contributed by atoms with van der Waals surface area (Å²) in [7, 11) is 1.51. The van der Waals surface area contributed by atoms with Gasteiger partial charge < -0.3 is 19.2 Å². The number of aryl methyl sites for hydroxylation is 2. The third kappa shape index (κ3) is 4.33. The molecule has 8 nitrogen and oxygen atoms in total. The van der Waals surface area contributed by atoms with Gasteiger partial charge in [0.15, 0.2) is 10.9 Å². The van der Waals surface area contributed by atoms with Gasteiger partial charge in [-0.1, -0.05) is 28.9 Å². The molecule has 158 valence electrons. The van der Waals surface area contributed by atoms with E-state index in [4.69, 9.17) is 25.9 Å². The standard InChI is InChI=1S/C21H23ClN4O4/c1-13-6-7-14-4-3-5-16(14)19(13)30-20-17(12-18(22)23-24-20)29-21(27)26-10-8-15(9-11-26)25-28-2/h6-7,12H,3-5,8-11H2,1-2H3. The van der Waals surface area contributed by atoms with Gasteiger partial charge in [-0.3, -0.25) is 0 Å². The maximum Gasteiger partial charge on any atom is 0.415 e. The number of nitrogens with zero attached hydrogens (tertiary/aromatic N) is 4. The molecular formula is C21H23ClN4O4. The Kier molecular flexibility index (Phi) is 6.03. The summed E-state index contributed by atoms with van der Waals surface area (Å²) >= 11 is 6.00. The van der Waals surface area contributed by atoms with Crippen molar-refractivity contribution in [1.29, 1.82) is 0 Å². The van der Waals surface area contributed by atoms with Gasteiger partial charge in [-0.05, 0) is 42.9 Å². The van der Waals surface area contributed by atoms with E-state index in [1.54, 1.807) is 4.90 Å². The molecule has 1 saturated heterocycles. The number of piperidine rings is 1. The van der Waals surface area contributed by atoms with Crippen molar-refractivity contribution in [3.05, 3.63) is 40.0 Å². The highest BCUT2D eigenvalue weighted by Gasteiger charge is 2.25. The second-order valence-electron chi connectivity index (χ2n) is 7.34. The zero-order valence-corrected chi connectivity index (χ0v) is 17.7. The summed E-state index contributed by atoms with van der Waals surface area (Å²) in [6.45, 7) is 2.97. The van der Waals surface area contributed by atoms with Crippen LogP contribution in [-0.4, -0.2) is 47.1 Å². The van der Waals surface area contributed by atoms with E-state index in [1.807, 2.05) is 13.0 Å². The van der Waals surface area contributed by atoms with Gasteiger partial charge in [0.1, 0.15) is 12.9 Å². The van der Waals surface area contributed by atoms with Gasteiger partial charge in [-0.15, -0.1) is 10.2 Å². The molecule has 1 fully saturated rings. The van der Waals surface area contributed by atoms with Crippen LogP contribution in [0, 0.1) is 6.92 Å². The molecule has 1 aromatic carbocycles. The zero-order valence-electron chi connectivity index (χ0n) is 17.0. The molecule has 1 amide bonds. The Morgan fingerprint density at radius 3 is 2.73 bits per heavy atom. The largest absolute Gasteiger partial charge is 0.434 e. The molecule has 30 heavy (non-hydrogen) atoms. The van der Waals surface area contributed by atoms with Gasteiger partial charge in [0.2, 0.25) is 0 Å². The predicted molar refractivity (Wildman–Crippen MR) is 112 cm³/mol. The molecule has 1 aliphatic heterocycles. The molecule has 2 heterocycles. The number of carbonyl (C=O) groups excluding carboxylic acids is 1. The van der Waals surface area contributed by atoms with E-state index in [1.165, 1.54) is 24.3 Å². The normalized spacial score (nSPS) is 15.6. The van der Waals surface area contributed by atoms with Crippen molar-refractivity contribution in [2.24, 2.45) is 5.16 Å². The number of benzene rings is 1. The van der Waals surface area contributed by atoms with Gasteiger partial charge in [0.25, 0.3) is 5.88 Å². The lowest BCUT2D eigenvalue weighted by Gasteiger charge is -2.26. The number of hydrogen-bond acceptors (Lipinski definition) is 7. The monoisotopic (exact) mass is 430 g/mol. The topological polar surface area (TPSA) is 86.1 Å². The zero-order chi connectivity index (χ0) is 21.1. The molecular weight excluding hydrogens is 408 g/mol. The Labute approximate surface area is 179 Å². The number of hydrogen-bond donors (Lipinski definition) is 0. The van der Waals surface area contributed by atoms with Gasteiger partial charge in [-0.25, -0.2) is 4.79 Å². The molecule has 1 aromatic heterocycles. The Morgan fingerprint density at radius 2 is 1.97 bits per heavy atom. The smallest absolute Gasteiger partial charge is 0.415 e. The molecule has 2 aromatic rings. The number of oxime groups is 1. The molecule has 1 aliphatic carbocycles. The summed E-state index contributed by atoms with van der Waals surface area (Å²) in [6, 6.07) is 5.61.